The molecule has 3 heterocycles. The summed E-state index contributed by atoms with van der Waals surface area (Å²) >= 11 is 0. The average Bonchev–Trinajstić information content (AvgIpc) is 3.06. The molecular formula is C18H19N5O3. The number of ether oxygens (including phenoxy) is 2. The van der Waals surface area contributed by atoms with Crippen molar-refractivity contribution in [3.8, 4) is 5.88 Å². The summed E-state index contributed by atoms with van der Waals surface area (Å²) in [4.78, 5) is 18.0. The summed E-state index contributed by atoms with van der Waals surface area (Å²) in [5.74, 6) is 0.356. The molecule has 1 N–H and O–H groups in total. The smallest absolute Gasteiger partial charge is 0.243 e. The van der Waals surface area contributed by atoms with Crippen molar-refractivity contribution < 1.29 is 14.3 Å². The number of hydrogen-bond donors (Lipinski definition) is 1. The molecule has 8 heteroatoms. The monoisotopic (exact) mass is 353 g/mol. The summed E-state index contributed by atoms with van der Waals surface area (Å²) < 4.78 is 11.4. The standard InChI is InChI=1S/C18H19N5O3/c24-17(11-23-21-13-5-1-2-6-14(13)22-23)20-15-8-10-25-12-16(15)26-18-7-3-4-9-19-18/h1-7,9,15-16H,8,10-12H2,(H,20,24)/t15-,16-/m1/s1. The van der Waals surface area contributed by atoms with Crippen molar-refractivity contribution in [2.45, 2.75) is 25.1 Å². The van der Waals surface area contributed by atoms with Gasteiger partial charge in [0, 0.05) is 18.9 Å². The first-order valence-electron chi connectivity index (χ1n) is 8.52. The fourth-order valence-corrected chi connectivity index (χ4v) is 2.92. The zero-order chi connectivity index (χ0) is 17.8. The molecule has 0 aliphatic carbocycles. The number of benzene rings is 1. The number of hydrogen-bond acceptors (Lipinski definition) is 6. The highest BCUT2D eigenvalue weighted by Gasteiger charge is 2.29. The van der Waals surface area contributed by atoms with E-state index in [0.29, 0.717) is 25.5 Å². The molecular weight excluding hydrogens is 334 g/mol. The Morgan fingerprint density at radius 3 is 2.69 bits per heavy atom. The van der Waals surface area contributed by atoms with Gasteiger partial charge in [-0.05, 0) is 24.6 Å². The third kappa shape index (κ3) is 3.80. The molecule has 1 aliphatic rings. The highest BCUT2D eigenvalue weighted by molar-refractivity contribution is 5.77. The minimum Gasteiger partial charge on any atom is -0.470 e. The third-order valence-electron chi connectivity index (χ3n) is 4.17. The average molecular weight is 353 g/mol. The fourth-order valence-electron chi connectivity index (χ4n) is 2.92. The minimum absolute atomic E-state index is 0.0579. The summed E-state index contributed by atoms with van der Waals surface area (Å²) in [6.07, 6.45) is 2.06. The van der Waals surface area contributed by atoms with Gasteiger partial charge in [-0.3, -0.25) is 4.79 Å². The summed E-state index contributed by atoms with van der Waals surface area (Å²) in [6.45, 7) is 1.05. The van der Waals surface area contributed by atoms with Gasteiger partial charge in [-0.25, -0.2) is 4.98 Å². The van der Waals surface area contributed by atoms with Crippen LogP contribution in [0.25, 0.3) is 11.0 Å². The molecule has 1 aromatic carbocycles. The van der Waals surface area contributed by atoms with Crippen LogP contribution in [0.4, 0.5) is 0 Å². The van der Waals surface area contributed by atoms with Crippen LogP contribution in [-0.2, 0) is 16.1 Å². The Labute approximate surface area is 150 Å². The molecule has 1 aliphatic heterocycles. The van der Waals surface area contributed by atoms with Crippen molar-refractivity contribution in [2.24, 2.45) is 0 Å². The Balaban J connectivity index is 1.39. The highest BCUT2D eigenvalue weighted by Crippen LogP contribution is 2.15. The maximum atomic E-state index is 12.4. The molecule has 0 unspecified atom stereocenters. The van der Waals surface area contributed by atoms with Crippen molar-refractivity contribution in [1.82, 2.24) is 25.3 Å². The largest absolute Gasteiger partial charge is 0.470 e. The number of amides is 1. The molecule has 1 saturated heterocycles. The van der Waals surface area contributed by atoms with Gasteiger partial charge in [-0.2, -0.15) is 15.0 Å². The lowest BCUT2D eigenvalue weighted by molar-refractivity contribution is -0.125. The van der Waals surface area contributed by atoms with Crippen molar-refractivity contribution in [2.75, 3.05) is 13.2 Å². The van der Waals surface area contributed by atoms with Crippen LogP contribution in [-0.4, -0.2) is 51.2 Å². The molecule has 4 rings (SSSR count). The summed E-state index contributed by atoms with van der Waals surface area (Å²) in [5.41, 5.74) is 1.53. The second-order valence-corrected chi connectivity index (χ2v) is 6.08. The van der Waals surface area contributed by atoms with Crippen LogP contribution in [0.2, 0.25) is 0 Å². The summed E-state index contributed by atoms with van der Waals surface area (Å²) in [7, 11) is 0. The van der Waals surface area contributed by atoms with Gasteiger partial charge in [-0.1, -0.05) is 18.2 Å². The van der Waals surface area contributed by atoms with Gasteiger partial charge >= 0.3 is 0 Å². The molecule has 8 nitrogen and oxygen atoms in total. The van der Waals surface area contributed by atoms with Crippen molar-refractivity contribution in [3.63, 3.8) is 0 Å². The van der Waals surface area contributed by atoms with E-state index in [1.807, 2.05) is 36.4 Å². The molecule has 3 aromatic rings. The summed E-state index contributed by atoms with van der Waals surface area (Å²) in [5, 5.41) is 11.6. The zero-order valence-corrected chi connectivity index (χ0v) is 14.1. The van der Waals surface area contributed by atoms with Crippen LogP contribution in [0.1, 0.15) is 6.42 Å². The number of nitrogens with one attached hydrogen (secondary N) is 1. The van der Waals surface area contributed by atoms with Crippen LogP contribution < -0.4 is 10.1 Å². The van der Waals surface area contributed by atoms with Crippen LogP contribution in [0.3, 0.4) is 0 Å². The van der Waals surface area contributed by atoms with Gasteiger partial charge in [0.05, 0.1) is 12.6 Å². The number of carbonyl (C=O) groups excluding carboxylic acids is 1. The molecule has 0 spiro atoms. The SMILES string of the molecule is O=C(Cn1nc2ccccc2n1)N[C@@H]1CCOC[C@H]1Oc1ccccn1. The van der Waals surface area contributed by atoms with Crippen LogP contribution in [0.5, 0.6) is 5.88 Å². The second kappa shape index (κ2) is 7.49. The maximum absolute atomic E-state index is 12.4. The first-order chi connectivity index (χ1) is 12.8. The van der Waals surface area contributed by atoms with E-state index < -0.39 is 0 Å². The number of carbonyl (C=O) groups is 1. The van der Waals surface area contributed by atoms with E-state index in [0.717, 1.165) is 11.0 Å². The lowest BCUT2D eigenvalue weighted by atomic mass is 10.1. The van der Waals surface area contributed by atoms with Crippen molar-refractivity contribution >= 4 is 16.9 Å². The molecule has 1 fully saturated rings. The second-order valence-electron chi connectivity index (χ2n) is 6.08. The Kier molecular flexibility index (Phi) is 4.74. The number of aromatic nitrogens is 4. The van der Waals surface area contributed by atoms with Crippen LogP contribution >= 0.6 is 0 Å². The van der Waals surface area contributed by atoms with E-state index in [2.05, 4.69) is 20.5 Å². The fraction of sp³-hybridized carbons (Fsp3) is 0.333. The topological polar surface area (TPSA) is 91.2 Å². The molecule has 1 amide bonds. The van der Waals surface area contributed by atoms with E-state index in [4.69, 9.17) is 9.47 Å². The molecule has 2 atom stereocenters. The predicted octanol–water partition coefficient (Wildman–Crippen LogP) is 1.18. The molecule has 2 aromatic heterocycles. The Morgan fingerprint density at radius 2 is 1.96 bits per heavy atom. The molecule has 0 radical (unpaired) electrons. The number of nitrogens with zero attached hydrogens (tertiary/aromatic N) is 4. The third-order valence-corrected chi connectivity index (χ3v) is 4.17. The highest BCUT2D eigenvalue weighted by atomic mass is 16.5. The van der Waals surface area contributed by atoms with Crippen molar-refractivity contribution in [1.29, 1.82) is 0 Å². The van der Waals surface area contributed by atoms with Gasteiger partial charge < -0.3 is 14.8 Å². The Morgan fingerprint density at radius 1 is 1.19 bits per heavy atom. The first kappa shape index (κ1) is 16.5. The summed E-state index contributed by atoms with van der Waals surface area (Å²) in [6, 6.07) is 12.8. The normalized spacial score (nSPS) is 20.0. The Bertz CT molecular complexity index is 850. The van der Waals surface area contributed by atoms with E-state index in [9.17, 15) is 4.79 Å². The lowest BCUT2D eigenvalue weighted by Gasteiger charge is -2.31. The van der Waals surface area contributed by atoms with Gasteiger partial charge in [0.1, 0.15) is 23.7 Å². The van der Waals surface area contributed by atoms with Crippen LogP contribution in [0, 0.1) is 0 Å². The van der Waals surface area contributed by atoms with Gasteiger partial charge in [-0.15, -0.1) is 0 Å². The van der Waals surface area contributed by atoms with Crippen LogP contribution in [0.15, 0.2) is 48.7 Å². The van der Waals surface area contributed by atoms with Crippen molar-refractivity contribution in [3.05, 3.63) is 48.7 Å². The quantitative estimate of drug-likeness (QED) is 0.741. The molecule has 134 valence electrons. The van der Waals surface area contributed by atoms with E-state index in [1.54, 1.807) is 12.3 Å². The van der Waals surface area contributed by atoms with Gasteiger partial charge in [0.2, 0.25) is 11.8 Å². The lowest BCUT2D eigenvalue weighted by Crippen LogP contribution is -2.52. The van der Waals surface area contributed by atoms with E-state index >= 15 is 0 Å². The van der Waals surface area contributed by atoms with E-state index in [-0.39, 0.29) is 24.6 Å². The molecule has 0 bridgehead atoms. The molecule has 0 saturated carbocycles. The Hall–Kier alpha value is -3.00. The zero-order valence-electron chi connectivity index (χ0n) is 14.1. The minimum atomic E-state index is -0.285. The first-order valence-corrected chi connectivity index (χ1v) is 8.52. The van der Waals surface area contributed by atoms with E-state index in [1.165, 1.54) is 4.80 Å². The maximum Gasteiger partial charge on any atom is 0.243 e. The molecule has 26 heavy (non-hydrogen) atoms. The van der Waals surface area contributed by atoms with Gasteiger partial charge in [0.15, 0.2) is 0 Å². The predicted molar refractivity (Wildman–Crippen MR) is 93.5 cm³/mol. The number of rotatable bonds is 5. The number of fused-ring (bicyclic) bond motifs is 1. The van der Waals surface area contributed by atoms with Gasteiger partial charge in [0.25, 0.3) is 0 Å². The number of pyridine rings is 1.